The van der Waals surface area contributed by atoms with Crippen LogP contribution in [0, 0.1) is 0 Å². The Morgan fingerprint density at radius 2 is 1.90 bits per heavy atom. The van der Waals surface area contributed by atoms with Gasteiger partial charge in [0.2, 0.25) is 5.91 Å². The van der Waals surface area contributed by atoms with Crippen molar-refractivity contribution < 1.29 is 4.79 Å². The predicted molar refractivity (Wildman–Crippen MR) is 90.4 cm³/mol. The highest BCUT2D eigenvalue weighted by Gasteiger charge is 2.45. The number of nitrogens with one attached hydrogen (secondary N) is 1. The molecule has 1 atom stereocenters. The Hall–Kier alpha value is -0.830. The van der Waals surface area contributed by atoms with Crippen LogP contribution in [0.5, 0.6) is 0 Å². The Kier molecular flexibility index (Phi) is 6.03. The number of hydrogen-bond donors (Lipinski definition) is 1. The average molecular weight is 294 g/mol. The zero-order chi connectivity index (χ0) is 16.3. The lowest BCUT2D eigenvalue weighted by Crippen LogP contribution is -2.66. The molecule has 3 heteroatoms. The standard InChI is InChI=1S/C18H34N2O/c1-8-9-10-11-14(2)16(21)19-15-12-13-17(3,4)20(7)18(15,5)6/h15H,2,8-13H2,1,3-7H3,(H,19,21). The minimum Gasteiger partial charge on any atom is -0.348 e. The molecule has 1 saturated heterocycles. The summed E-state index contributed by atoms with van der Waals surface area (Å²) in [5.74, 6) is 0.0392. The molecule has 1 unspecified atom stereocenters. The van der Waals surface area contributed by atoms with Crippen LogP contribution in [-0.2, 0) is 4.79 Å². The van der Waals surface area contributed by atoms with Crippen LogP contribution in [0.15, 0.2) is 12.2 Å². The first kappa shape index (κ1) is 18.2. The molecule has 0 saturated carbocycles. The molecule has 0 bridgehead atoms. The molecule has 0 spiro atoms. The largest absolute Gasteiger partial charge is 0.348 e. The van der Waals surface area contributed by atoms with Gasteiger partial charge in [-0.05, 0) is 60.4 Å². The van der Waals surface area contributed by atoms with Crippen LogP contribution in [0.25, 0.3) is 0 Å². The maximum atomic E-state index is 12.3. The Balaban J connectivity index is 2.62. The molecule has 122 valence electrons. The number of likely N-dealkylation sites (N-methyl/N-ethyl adjacent to an activating group) is 1. The third-order valence-electron chi connectivity index (χ3n) is 5.38. The summed E-state index contributed by atoms with van der Waals surface area (Å²) in [6, 6.07) is 0.186. The van der Waals surface area contributed by atoms with E-state index in [1.165, 1.54) is 6.42 Å². The number of nitrogens with zero attached hydrogens (tertiary/aromatic N) is 1. The minimum atomic E-state index is -0.0406. The Morgan fingerprint density at radius 1 is 1.29 bits per heavy atom. The smallest absolute Gasteiger partial charge is 0.246 e. The zero-order valence-corrected chi connectivity index (χ0v) is 14.9. The molecule has 0 aromatic rings. The van der Waals surface area contributed by atoms with E-state index in [0.29, 0.717) is 0 Å². The molecule has 1 N–H and O–H groups in total. The van der Waals surface area contributed by atoms with Crippen molar-refractivity contribution in [1.82, 2.24) is 10.2 Å². The van der Waals surface area contributed by atoms with Gasteiger partial charge in [-0.15, -0.1) is 0 Å². The van der Waals surface area contributed by atoms with Crippen molar-refractivity contribution in [2.75, 3.05) is 7.05 Å². The van der Waals surface area contributed by atoms with E-state index in [9.17, 15) is 4.79 Å². The molecule has 1 heterocycles. The van der Waals surface area contributed by atoms with E-state index in [4.69, 9.17) is 0 Å². The van der Waals surface area contributed by atoms with Gasteiger partial charge in [-0.2, -0.15) is 0 Å². The second-order valence-electron chi connectivity index (χ2n) is 7.65. The number of carbonyl (C=O) groups excluding carboxylic acids is 1. The summed E-state index contributed by atoms with van der Waals surface area (Å²) >= 11 is 0. The third-order valence-corrected chi connectivity index (χ3v) is 5.38. The summed E-state index contributed by atoms with van der Waals surface area (Å²) in [5.41, 5.74) is 0.871. The quantitative estimate of drug-likeness (QED) is 0.595. The Morgan fingerprint density at radius 3 is 2.48 bits per heavy atom. The van der Waals surface area contributed by atoms with Crippen molar-refractivity contribution in [3.05, 3.63) is 12.2 Å². The number of unbranched alkanes of at least 4 members (excludes halogenated alkanes) is 2. The van der Waals surface area contributed by atoms with Gasteiger partial charge in [0, 0.05) is 22.7 Å². The van der Waals surface area contributed by atoms with Crippen LogP contribution in [0.1, 0.15) is 73.1 Å². The predicted octanol–water partition coefficient (Wildman–Crippen LogP) is 3.89. The van der Waals surface area contributed by atoms with E-state index in [1.807, 2.05) is 0 Å². The fraction of sp³-hybridized carbons (Fsp3) is 0.833. The lowest BCUT2D eigenvalue weighted by atomic mass is 9.76. The maximum absolute atomic E-state index is 12.3. The van der Waals surface area contributed by atoms with E-state index < -0.39 is 0 Å². The first-order valence-electron chi connectivity index (χ1n) is 8.35. The molecule has 0 radical (unpaired) electrons. The minimum absolute atomic E-state index is 0.0392. The van der Waals surface area contributed by atoms with Gasteiger partial charge in [-0.25, -0.2) is 0 Å². The molecule has 0 aliphatic carbocycles. The summed E-state index contributed by atoms with van der Waals surface area (Å²) < 4.78 is 0. The number of amides is 1. The summed E-state index contributed by atoms with van der Waals surface area (Å²) in [7, 11) is 2.16. The van der Waals surface area contributed by atoms with Crippen LogP contribution in [-0.4, -0.2) is 35.0 Å². The monoisotopic (exact) mass is 294 g/mol. The molecular weight excluding hydrogens is 260 g/mol. The van der Waals surface area contributed by atoms with Crippen molar-refractivity contribution in [2.45, 2.75) is 90.3 Å². The number of hydrogen-bond acceptors (Lipinski definition) is 2. The summed E-state index contributed by atoms with van der Waals surface area (Å²) in [4.78, 5) is 14.7. The van der Waals surface area contributed by atoms with E-state index in [1.54, 1.807) is 0 Å². The van der Waals surface area contributed by atoms with Gasteiger partial charge in [0.1, 0.15) is 0 Å². The lowest BCUT2D eigenvalue weighted by molar-refractivity contribution is -0.121. The van der Waals surface area contributed by atoms with Gasteiger partial charge in [0.25, 0.3) is 0 Å². The highest BCUT2D eigenvalue weighted by atomic mass is 16.1. The first-order valence-corrected chi connectivity index (χ1v) is 8.35. The SMILES string of the molecule is C=C(CCCCC)C(=O)NC1CCC(C)(C)N(C)C1(C)C. The Labute approximate surface area is 131 Å². The molecule has 0 aromatic heterocycles. The molecule has 21 heavy (non-hydrogen) atoms. The van der Waals surface area contributed by atoms with Gasteiger partial charge in [0.05, 0.1) is 0 Å². The van der Waals surface area contributed by atoms with E-state index in [2.05, 4.69) is 58.5 Å². The number of carbonyl (C=O) groups is 1. The van der Waals surface area contributed by atoms with Crippen molar-refractivity contribution in [1.29, 1.82) is 0 Å². The van der Waals surface area contributed by atoms with Crippen molar-refractivity contribution >= 4 is 5.91 Å². The molecule has 1 rings (SSSR count). The summed E-state index contributed by atoms with van der Waals surface area (Å²) in [5, 5.41) is 3.22. The normalized spacial score (nSPS) is 24.6. The van der Waals surface area contributed by atoms with Gasteiger partial charge in [0.15, 0.2) is 0 Å². The van der Waals surface area contributed by atoms with Crippen LogP contribution in [0.2, 0.25) is 0 Å². The van der Waals surface area contributed by atoms with Crippen molar-refractivity contribution in [2.24, 2.45) is 0 Å². The third kappa shape index (κ3) is 4.32. The summed E-state index contributed by atoms with van der Waals surface area (Å²) in [6.07, 6.45) is 6.33. The first-order chi connectivity index (χ1) is 9.63. The van der Waals surface area contributed by atoms with Crippen LogP contribution in [0.3, 0.4) is 0 Å². The van der Waals surface area contributed by atoms with Crippen molar-refractivity contribution in [3.63, 3.8) is 0 Å². The Bertz CT molecular complexity index is 385. The number of likely N-dealkylation sites (tertiary alicyclic amines) is 1. The second-order valence-corrected chi connectivity index (χ2v) is 7.65. The van der Waals surface area contributed by atoms with E-state index >= 15 is 0 Å². The van der Waals surface area contributed by atoms with Gasteiger partial charge < -0.3 is 5.32 Å². The molecule has 0 aromatic carbocycles. The van der Waals surface area contributed by atoms with Gasteiger partial charge in [-0.1, -0.05) is 26.3 Å². The molecule has 1 fully saturated rings. The molecule has 3 nitrogen and oxygen atoms in total. The lowest BCUT2D eigenvalue weighted by Gasteiger charge is -2.55. The van der Waals surface area contributed by atoms with Gasteiger partial charge >= 0.3 is 0 Å². The molecule has 1 aliphatic rings. The van der Waals surface area contributed by atoms with Gasteiger partial charge in [-0.3, -0.25) is 9.69 Å². The van der Waals surface area contributed by atoms with Crippen LogP contribution < -0.4 is 5.32 Å². The number of rotatable bonds is 6. The fourth-order valence-electron chi connectivity index (χ4n) is 3.24. The maximum Gasteiger partial charge on any atom is 0.246 e. The molecule has 1 aliphatic heterocycles. The number of piperidine rings is 1. The topological polar surface area (TPSA) is 32.3 Å². The molecule has 1 amide bonds. The highest BCUT2D eigenvalue weighted by molar-refractivity contribution is 5.93. The average Bonchev–Trinajstić information content (AvgIpc) is 2.40. The fourth-order valence-corrected chi connectivity index (χ4v) is 3.24. The van der Waals surface area contributed by atoms with E-state index in [-0.39, 0.29) is 23.0 Å². The zero-order valence-electron chi connectivity index (χ0n) is 14.9. The second kappa shape index (κ2) is 6.95. The van der Waals surface area contributed by atoms with Crippen LogP contribution >= 0.6 is 0 Å². The summed E-state index contributed by atoms with van der Waals surface area (Å²) in [6.45, 7) is 15.1. The van der Waals surface area contributed by atoms with Crippen molar-refractivity contribution in [3.8, 4) is 0 Å². The van der Waals surface area contributed by atoms with Crippen LogP contribution in [0.4, 0.5) is 0 Å². The molecular formula is C18H34N2O. The van der Waals surface area contributed by atoms with E-state index in [0.717, 1.165) is 37.7 Å². The highest BCUT2D eigenvalue weighted by Crippen LogP contribution is 2.37.